The predicted molar refractivity (Wildman–Crippen MR) is 233 cm³/mol. The van der Waals surface area contributed by atoms with Gasteiger partial charge in [-0.15, -0.1) is 0 Å². The van der Waals surface area contributed by atoms with Crippen molar-refractivity contribution >= 4 is 56.5 Å². The molecule has 0 bridgehead atoms. The number of benzene rings is 3. The molecule has 0 saturated carbocycles. The molecule has 0 radical (unpaired) electrons. The van der Waals surface area contributed by atoms with E-state index in [1.54, 1.807) is 82.4 Å². The molecule has 1 fully saturated rings. The molecule has 2 aliphatic heterocycles. The molecule has 62 heavy (non-hydrogen) atoms. The van der Waals surface area contributed by atoms with Crippen LogP contribution in [0.4, 0.5) is 4.79 Å². The molecule has 0 spiro atoms. The van der Waals surface area contributed by atoms with Crippen LogP contribution >= 0.6 is 11.8 Å². The Bertz CT molecular complexity index is 2560. The van der Waals surface area contributed by atoms with Gasteiger partial charge in [-0.2, -0.15) is 0 Å². The normalized spacial score (nSPS) is 16.4. The van der Waals surface area contributed by atoms with Crippen LogP contribution in [0, 0.1) is 5.92 Å². The molecule has 4 heterocycles. The summed E-state index contributed by atoms with van der Waals surface area (Å²) in [5.74, 6) is -0.417. The first-order valence-corrected chi connectivity index (χ1v) is 22.7. The van der Waals surface area contributed by atoms with Crippen LogP contribution in [0.25, 0.3) is 10.9 Å². The zero-order chi connectivity index (χ0) is 44.0. The largest absolute Gasteiger partial charge is 0.455 e. The van der Waals surface area contributed by atoms with Crippen LogP contribution in [0.5, 0.6) is 11.5 Å². The van der Waals surface area contributed by atoms with Crippen LogP contribution in [0.1, 0.15) is 69.1 Å². The van der Waals surface area contributed by atoms with Crippen molar-refractivity contribution in [3.05, 3.63) is 109 Å². The number of hydrogen-bond donors (Lipinski definition) is 3. The Balaban J connectivity index is 1.03. The number of fused-ring (bicyclic) bond motifs is 3. The smallest absolute Gasteiger partial charge is 0.407 e. The Kier molecular flexibility index (Phi) is 13.5. The van der Waals surface area contributed by atoms with Crippen LogP contribution in [-0.4, -0.2) is 90.6 Å². The highest BCUT2D eigenvalue weighted by Crippen LogP contribution is 2.47. The first-order chi connectivity index (χ1) is 29.7. The average Bonchev–Trinajstić information content (AvgIpc) is 3.87. The molecule has 3 aromatic carbocycles. The molecule has 1 saturated heterocycles. The third-order valence-electron chi connectivity index (χ3n) is 10.3. The molecule has 15 nitrogen and oxygen atoms in total. The van der Waals surface area contributed by atoms with Gasteiger partial charge in [-0.3, -0.25) is 19.4 Å². The number of carbonyl (C=O) groups excluding carboxylic acids is 4. The zero-order valence-corrected chi connectivity index (χ0v) is 36.6. The summed E-state index contributed by atoms with van der Waals surface area (Å²) < 4.78 is 46.7. The number of hydrogen-bond acceptors (Lipinski definition) is 11. The molecule has 4 amide bonds. The Morgan fingerprint density at radius 2 is 1.69 bits per heavy atom. The number of nitrogens with zero attached hydrogens (tertiary/aromatic N) is 3. The summed E-state index contributed by atoms with van der Waals surface area (Å²) in [6, 6.07) is 22.3. The van der Waals surface area contributed by atoms with Crippen LogP contribution in [-0.2, 0) is 29.1 Å². The maximum absolute atomic E-state index is 14.2. The van der Waals surface area contributed by atoms with Crippen molar-refractivity contribution in [3.8, 4) is 11.5 Å². The highest BCUT2D eigenvalue weighted by atomic mass is 32.2. The number of nitrogens with one attached hydrogen (secondary N) is 3. The maximum Gasteiger partial charge on any atom is 0.407 e. The minimum Gasteiger partial charge on any atom is -0.455 e. The van der Waals surface area contributed by atoms with Gasteiger partial charge in [0.25, 0.3) is 15.9 Å². The van der Waals surface area contributed by atoms with Gasteiger partial charge in [-0.05, 0) is 102 Å². The van der Waals surface area contributed by atoms with Crippen molar-refractivity contribution in [2.45, 2.75) is 79.3 Å². The minimum absolute atomic E-state index is 0.0815. The fourth-order valence-corrected chi connectivity index (χ4v) is 9.94. The van der Waals surface area contributed by atoms with Crippen molar-refractivity contribution < 1.29 is 41.8 Å². The number of alkyl carbamates (subject to hydrolysis) is 1. The average molecular weight is 883 g/mol. The van der Waals surface area contributed by atoms with Crippen molar-refractivity contribution in [1.82, 2.24) is 29.8 Å². The van der Waals surface area contributed by atoms with Gasteiger partial charge in [0.1, 0.15) is 23.1 Å². The number of unbranched alkanes of at least 4 members (excludes halogenated alkanes) is 1. The lowest BCUT2D eigenvalue weighted by molar-refractivity contribution is -0.138. The van der Waals surface area contributed by atoms with E-state index in [1.807, 2.05) is 24.3 Å². The van der Waals surface area contributed by atoms with Gasteiger partial charge >= 0.3 is 6.09 Å². The molecule has 326 valence electrons. The monoisotopic (exact) mass is 882 g/mol. The van der Waals surface area contributed by atoms with Crippen LogP contribution in [0.15, 0.2) is 112 Å². The highest BCUT2D eigenvalue weighted by Gasteiger charge is 2.40. The summed E-state index contributed by atoms with van der Waals surface area (Å²) in [4.78, 5) is 61.1. The molecule has 0 aliphatic carbocycles. The second kappa shape index (κ2) is 19.0. The summed E-state index contributed by atoms with van der Waals surface area (Å²) in [7, 11) is -4.09. The molecule has 5 aromatic rings. The molecule has 1 unspecified atom stereocenters. The molecule has 7 rings (SSSR count). The predicted octanol–water partition coefficient (Wildman–Crippen LogP) is 6.68. The van der Waals surface area contributed by atoms with E-state index in [2.05, 4.69) is 20.9 Å². The lowest BCUT2D eigenvalue weighted by atomic mass is 10.1. The quantitative estimate of drug-likeness (QED) is 0.0935. The molecule has 2 aliphatic rings. The van der Waals surface area contributed by atoms with E-state index in [1.165, 1.54) is 39.0 Å². The van der Waals surface area contributed by atoms with E-state index >= 15 is 0 Å². The number of rotatable bonds is 15. The van der Waals surface area contributed by atoms with Gasteiger partial charge in [0.05, 0.1) is 45.1 Å². The van der Waals surface area contributed by atoms with Crippen molar-refractivity contribution in [3.63, 3.8) is 0 Å². The van der Waals surface area contributed by atoms with E-state index < -0.39 is 51.5 Å². The number of pyridine rings is 1. The van der Waals surface area contributed by atoms with Gasteiger partial charge < -0.3 is 35.1 Å². The summed E-state index contributed by atoms with van der Waals surface area (Å²) in [5, 5.41) is 9.00. The topological polar surface area (TPSA) is 187 Å². The first kappa shape index (κ1) is 44.2. The third kappa shape index (κ3) is 10.4. The second-order valence-corrected chi connectivity index (χ2v) is 19.1. The summed E-state index contributed by atoms with van der Waals surface area (Å²) >= 11 is 1.54. The molecule has 3 atom stereocenters. The summed E-state index contributed by atoms with van der Waals surface area (Å²) in [6.45, 7) is 7.98. The minimum atomic E-state index is -4.09. The van der Waals surface area contributed by atoms with Gasteiger partial charge in [0, 0.05) is 49.0 Å². The Morgan fingerprint density at radius 1 is 0.935 bits per heavy atom. The van der Waals surface area contributed by atoms with E-state index in [4.69, 9.17) is 14.2 Å². The van der Waals surface area contributed by atoms with Crippen LogP contribution in [0.2, 0.25) is 0 Å². The lowest BCUT2D eigenvalue weighted by Crippen LogP contribution is -2.49. The van der Waals surface area contributed by atoms with Gasteiger partial charge in [-0.25, -0.2) is 17.2 Å². The molecule has 17 heteroatoms. The number of amides is 4. The Labute approximate surface area is 364 Å². The van der Waals surface area contributed by atoms with Crippen LogP contribution in [0.3, 0.4) is 0 Å². The number of likely N-dealkylation sites (tertiary alicyclic amines) is 1. The fourth-order valence-electron chi connectivity index (χ4n) is 7.38. The third-order valence-corrected chi connectivity index (χ3v) is 13.2. The zero-order valence-electron chi connectivity index (χ0n) is 35.0. The Hall–Kier alpha value is -5.91. The lowest BCUT2D eigenvalue weighted by Gasteiger charge is -2.26. The maximum atomic E-state index is 14.2. The van der Waals surface area contributed by atoms with E-state index in [0.717, 1.165) is 9.79 Å². The van der Waals surface area contributed by atoms with Gasteiger partial charge in [0.15, 0.2) is 0 Å². The SMILES string of the molecule is C[C@@H](NC(=O)[C@@H]1CC(COCCCCNC(=O)OC(C)(C)C)CN1C(=O)CNC(=O)c1ccc2c(c1)Oc1ccccc1S2)c1cc2cnccc2n1S(=O)(=O)c1ccccc1. The van der Waals surface area contributed by atoms with Crippen LogP contribution < -0.4 is 20.7 Å². The van der Waals surface area contributed by atoms with E-state index in [9.17, 15) is 27.6 Å². The van der Waals surface area contributed by atoms with Gasteiger partial charge in [0.2, 0.25) is 11.8 Å². The highest BCUT2D eigenvalue weighted by molar-refractivity contribution is 7.99. The number of carbonyl (C=O) groups is 4. The van der Waals surface area contributed by atoms with E-state index in [-0.39, 0.29) is 36.9 Å². The fraction of sp³-hybridized carbons (Fsp3) is 0.356. The van der Waals surface area contributed by atoms with E-state index in [0.29, 0.717) is 59.7 Å². The Morgan fingerprint density at radius 3 is 2.48 bits per heavy atom. The molecule has 2 aromatic heterocycles. The number of ether oxygens (including phenoxy) is 3. The molecule has 3 N–H and O–H groups in total. The molecular weight excluding hydrogens is 833 g/mol. The number of para-hydroxylation sites is 1. The van der Waals surface area contributed by atoms with Crippen molar-refractivity contribution in [2.24, 2.45) is 5.92 Å². The first-order valence-electron chi connectivity index (χ1n) is 20.5. The van der Waals surface area contributed by atoms with Gasteiger partial charge in [-0.1, -0.05) is 42.1 Å². The van der Waals surface area contributed by atoms with Crippen molar-refractivity contribution in [2.75, 3.05) is 32.8 Å². The molecular formula is C45H50N6O9S2. The summed E-state index contributed by atoms with van der Waals surface area (Å²) in [5.41, 5.74) is 0.433. The van der Waals surface area contributed by atoms with Crippen molar-refractivity contribution in [1.29, 1.82) is 0 Å². The summed E-state index contributed by atoms with van der Waals surface area (Å²) in [6.07, 6.45) is 4.18. The number of aromatic nitrogens is 2. The second-order valence-electron chi connectivity index (χ2n) is 16.2. The standard InChI is InChI=1S/C45H50N6O9S2/c1-29(35-23-32-25-46-20-18-34(32)51(35)62(56,57)33-12-6-5-7-13-33)49-43(54)36-22-30(28-58-21-11-10-19-47-44(55)60-45(2,3)4)27-50(36)41(52)26-48-42(53)31-16-17-40-38(24-31)59-37-14-8-9-15-39(37)61-40/h5-9,12-18,20,23-25,29-30,36H,10-11,19,21-22,26-28H2,1-4H3,(H,47,55)(H,48,53)(H,49,54)/t29-,30?,36+/m1/s1.